The fourth-order valence-electron chi connectivity index (χ4n) is 1.45. The number of benzene rings is 1. The van der Waals surface area contributed by atoms with Gasteiger partial charge in [-0.1, -0.05) is 12.1 Å². The fraction of sp³-hybridized carbons (Fsp3) is 0.100. The Morgan fingerprint density at radius 3 is 2.78 bits per heavy atom. The number of pyridine rings is 1. The van der Waals surface area contributed by atoms with Crippen LogP contribution in [0.5, 0.6) is 11.5 Å². The van der Waals surface area contributed by atoms with Crippen LogP contribution in [0.25, 0.3) is 10.9 Å². The van der Waals surface area contributed by atoms with Crippen LogP contribution in [-0.2, 0) is 10.4 Å². The lowest BCUT2D eigenvalue weighted by atomic mass is 10.2. The van der Waals surface area contributed by atoms with Crippen LogP contribution < -0.4 is 8.92 Å². The largest absolute Gasteiger partial charge is 0.466 e. The van der Waals surface area contributed by atoms with Crippen molar-refractivity contribution in [2.45, 2.75) is 0 Å². The van der Waals surface area contributed by atoms with Crippen LogP contribution in [0.1, 0.15) is 0 Å². The zero-order valence-corrected chi connectivity index (χ0v) is 9.79. The van der Waals surface area contributed by atoms with E-state index in [1.54, 1.807) is 12.1 Å². The van der Waals surface area contributed by atoms with Gasteiger partial charge in [0.1, 0.15) is 11.3 Å². The second-order valence-electron chi connectivity index (χ2n) is 3.28. The summed E-state index contributed by atoms with van der Waals surface area (Å²) in [6.45, 7) is -0.492. The van der Waals surface area contributed by atoms with Crippen molar-refractivity contribution < 1.29 is 27.0 Å². The van der Waals surface area contributed by atoms with Gasteiger partial charge < -0.3 is 14.0 Å². The molecule has 7 nitrogen and oxygen atoms in total. The summed E-state index contributed by atoms with van der Waals surface area (Å²) in [5.41, 5.74) is 0.250. The molecule has 0 amide bonds. The normalized spacial score (nSPS) is 11.4. The number of aliphatic hydroxyl groups excluding tert-OH is 1. The number of ether oxygens (including phenoxy) is 1. The second kappa shape index (κ2) is 4.77. The van der Waals surface area contributed by atoms with E-state index in [0.717, 1.165) is 0 Å². The molecule has 0 saturated heterocycles. The molecule has 0 fully saturated rings. The van der Waals surface area contributed by atoms with Crippen molar-refractivity contribution in [3.63, 3.8) is 0 Å². The highest BCUT2D eigenvalue weighted by Crippen LogP contribution is 2.27. The molecule has 0 aliphatic heterocycles. The van der Waals surface area contributed by atoms with Crippen molar-refractivity contribution in [1.29, 1.82) is 0 Å². The first kappa shape index (κ1) is 12.6. The van der Waals surface area contributed by atoms with Crippen molar-refractivity contribution in [3.8, 4) is 11.5 Å². The molecule has 1 heterocycles. The molecule has 0 bridgehead atoms. The first-order chi connectivity index (χ1) is 8.49. The first-order valence-electron chi connectivity index (χ1n) is 4.79. The van der Waals surface area contributed by atoms with Gasteiger partial charge in [-0.15, -0.1) is 0 Å². The van der Waals surface area contributed by atoms with E-state index < -0.39 is 17.2 Å². The topological polar surface area (TPSA) is 106 Å². The number of nitrogens with zero attached hydrogens (tertiary/aromatic N) is 1. The molecule has 0 unspecified atom stereocenters. The van der Waals surface area contributed by atoms with E-state index in [9.17, 15) is 8.42 Å². The minimum atomic E-state index is -4.60. The van der Waals surface area contributed by atoms with Crippen LogP contribution in [0.3, 0.4) is 0 Å². The fourth-order valence-corrected chi connectivity index (χ4v) is 1.81. The number of aliphatic hydroxyl groups is 1. The number of fused-ring (bicyclic) bond motifs is 1. The molecule has 2 rings (SSSR count). The van der Waals surface area contributed by atoms with Gasteiger partial charge in [-0.05, 0) is 12.1 Å². The van der Waals surface area contributed by atoms with Gasteiger partial charge in [-0.3, -0.25) is 4.55 Å². The smallest absolute Gasteiger partial charge is 0.446 e. The lowest BCUT2D eigenvalue weighted by Gasteiger charge is -2.06. The van der Waals surface area contributed by atoms with E-state index in [1.807, 2.05) is 0 Å². The summed E-state index contributed by atoms with van der Waals surface area (Å²) < 4.78 is 39.2. The molecule has 2 N–H and O–H groups in total. The third kappa shape index (κ3) is 2.86. The van der Waals surface area contributed by atoms with Crippen LogP contribution in [0.15, 0.2) is 30.5 Å². The second-order valence-corrected chi connectivity index (χ2v) is 4.31. The maximum atomic E-state index is 10.7. The van der Waals surface area contributed by atoms with Gasteiger partial charge in [0.15, 0.2) is 12.5 Å². The van der Waals surface area contributed by atoms with Crippen LogP contribution in [0.4, 0.5) is 0 Å². The first-order valence-corrected chi connectivity index (χ1v) is 6.15. The summed E-state index contributed by atoms with van der Waals surface area (Å²) in [4.78, 5) is 3.95. The SMILES string of the molecule is O=S(=O)(O)Oc1cccc2cc(OCO)cnc12. The molecule has 0 aliphatic carbocycles. The Labute approximate surface area is 103 Å². The Bertz CT molecular complexity index is 669. The third-order valence-electron chi connectivity index (χ3n) is 2.08. The van der Waals surface area contributed by atoms with Crippen molar-refractivity contribution in [1.82, 2.24) is 4.98 Å². The molecule has 96 valence electrons. The van der Waals surface area contributed by atoms with E-state index in [0.29, 0.717) is 11.1 Å². The molecule has 8 heteroatoms. The van der Waals surface area contributed by atoms with Crippen molar-refractivity contribution in [2.24, 2.45) is 0 Å². The number of rotatable bonds is 4. The van der Waals surface area contributed by atoms with E-state index >= 15 is 0 Å². The van der Waals surface area contributed by atoms with Gasteiger partial charge in [0, 0.05) is 5.39 Å². The Kier molecular flexibility index (Phi) is 3.32. The lowest BCUT2D eigenvalue weighted by Crippen LogP contribution is -2.07. The van der Waals surface area contributed by atoms with Gasteiger partial charge in [0.25, 0.3) is 0 Å². The molecule has 2 aromatic rings. The summed E-state index contributed by atoms with van der Waals surface area (Å²) in [7, 11) is -4.60. The van der Waals surface area contributed by atoms with Gasteiger partial charge in [-0.2, -0.15) is 8.42 Å². The van der Waals surface area contributed by atoms with Gasteiger partial charge >= 0.3 is 10.4 Å². The summed E-state index contributed by atoms with van der Waals surface area (Å²) in [6.07, 6.45) is 1.30. The quantitative estimate of drug-likeness (QED) is 0.624. The van der Waals surface area contributed by atoms with Crippen molar-refractivity contribution >= 4 is 21.3 Å². The van der Waals surface area contributed by atoms with E-state index in [4.69, 9.17) is 14.4 Å². The Hall–Kier alpha value is -1.90. The summed E-state index contributed by atoms with van der Waals surface area (Å²) in [6, 6.07) is 6.10. The maximum absolute atomic E-state index is 10.7. The standard InChI is InChI=1S/C10H9NO6S/c12-6-16-8-4-7-2-1-3-9(10(7)11-5-8)17-18(13,14)15/h1-5,12H,6H2,(H,13,14,15). The number of hydrogen-bond acceptors (Lipinski definition) is 6. The molecule has 0 radical (unpaired) electrons. The highest BCUT2D eigenvalue weighted by Gasteiger charge is 2.11. The minimum absolute atomic E-state index is 0.0921. The average molecular weight is 271 g/mol. The summed E-state index contributed by atoms with van der Waals surface area (Å²) in [5, 5.41) is 9.16. The number of hydrogen-bond donors (Lipinski definition) is 2. The summed E-state index contributed by atoms with van der Waals surface area (Å²) >= 11 is 0. The van der Waals surface area contributed by atoms with Gasteiger partial charge in [0.05, 0.1) is 6.20 Å². The highest BCUT2D eigenvalue weighted by molar-refractivity contribution is 7.81. The van der Waals surface area contributed by atoms with Crippen LogP contribution >= 0.6 is 0 Å². The minimum Gasteiger partial charge on any atom is -0.466 e. The molecule has 0 spiro atoms. The van der Waals surface area contributed by atoms with Crippen molar-refractivity contribution in [3.05, 3.63) is 30.5 Å². The molecule has 1 aromatic carbocycles. The molecular weight excluding hydrogens is 262 g/mol. The number of aromatic nitrogens is 1. The van der Waals surface area contributed by atoms with Gasteiger partial charge in [-0.25, -0.2) is 4.98 Å². The molecule has 0 aliphatic rings. The summed E-state index contributed by atoms with van der Waals surface area (Å²) in [5.74, 6) is 0.236. The zero-order valence-electron chi connectivity index (χ0n) is 8.98. The predicted molar refractivity (Wildman–Crippen MR) is 61.6 cm³/mol. The molecule has 1 aromatic heterocycles. The number of para-hydroxylation sites is 1. The van der Waals surface area contributed by atoms with Gasteiger partial charge in [0.2, 0.25) is 0 Å². The van der Waals surface area contributed by atoms with E-state index in [1.165, 1.54) is 18.3 Å². The Balaban J connectivity index is 2.50. The Morgan fingerprint density at radius 2 is 2.11 bits per heavy atom. The molecule has 0 saturated carbocycles. The van der Waals surface area contributed by atoms with Crippen LogP contribution in [0.2, 0.25) is 0 Å². The molecule has 18 heavy (non-hydrogen) atoms. The molecule has 0 atom stereocenters. The maximum Gasteiger partial charge on any atom is 0.446 e. The third-order valence-corrected chi connectivity index (χ3v) is 2.47. The lowest BCUT2D eigenvalue weighted by molar-refractivity contribution is 0.0983. The van der Waals surface area contributed by atoms with Crippen LogP contribution in [0, 0.1) is 0 Å². The van der Waals surface area contributed by atoms with Crippen LogP contribution in [-0.4, -0.2) is 29.9 Å². The average Bonchev–Trinajstić information content (AvgIpc) is 2.27. The Morgan fingerprint density at radius 1 is 1.33 bits per heavy atom. The molecular formula is C10H9NO6S. The monoisotopic (exact) mass is 271 g/mol. The highest BCUT2D eigenvalue weighted by atomic mass is 32.3. The predicted octanol–water partition coefficient (Wildman–Crippen LogP) is 0.745. The van der Waals surface area contributed by atoms with Crippen molar-refractivity contribution in [2.75, 3.05) is 6.79 Å². The van der Waals surface area contributed by atoms with E-state index in [-0.39, 0.29) is 11.3 Å². The zero-order chi connectivity index (χ0) is 13.2. The van der Waals surface area contributed by atoms with E-state index in [2.05, 4.69) is 9.17 Å².